The van der Waals surface area contributed by atoms with Crippen molar-refractivity contribution in [2.75, 3.05) is 6.79 Å². The standard InChI is InChI=1S/C20H15NO5/c22-20(23)17-3-1-2-15(21-17)11-24-16-7-4-13(5-8-16)14-6-9-18-19(10-14)26-12-25-18/h1-10H,11-12H2,(H,22,23). The zero-order valence-corrected chi connectivity index (χ0v) is 13.7. The summed E-state index contributed by atoms with van der Waals surface area (Å²) in [6.45, 7) is 0.452. The van der Waals surface area contributed by atoms with E-state index in [-0.39, 0.29) is 19.1 Å². The van der Waals surface area contributed by atoms with E-state index in [1.165, 1.54) is 6.07 Å². The molecule has 4 rings (SSSR count). The molecule has 6 nitrogen and oxygen atoms in total. The van der Waals surface area contributed by atoms with E-state index >= 15 is 0 Å². The van der Waals surface area contributed by atoms with Crippen molar-refractivity contribution in [3.8, 4) is 28.4 Å². The van der Waals surface area contributed by atoms with E-state index in [2.05, 4.69) is 4.98 Å². The number of aromatic nitrogens is 1. The number of nitrogens with zero attached hydrogens (tertiary/aromatic N) is 1. The van der Waals surface area contributed by atoms with Crippen LogP contribution in [0.15, 0.2) is 60.7 Å². The second kappa shape index (κ2) is 6.76. The maximum absolute atomic E-state index is 11.0. The van der Waals surface area contributed by atoms with E-state index < -0.39 is 5.97 Å². The molecule has 6 heteroatoms. The van der Waals surface area contributed by atoms with Gasteiger partial charge in [0.1, 0.15) is 18.1 Å². The summed E-state index contributed by atoms with van der Waals surface area (Å²) in [6, 6.07) is 18.3. The minimum absolute atomic E-state index is 0.00394. The molecule has 26 heavy (non-hydrogen) atoms. The second-order valence-corrected chi connectivity index (χ2v) is 5.70. The van der Waals surface area contributed by atoms with Crippen LogP contribution in [0.4, 0.5) is 0 Å². The van der Waals surface area contributed by atoms with Crippen LogP contribution < -0.4 is 14.2 Å². The van der Waals surface area contributed by atoms with E-state index in [1.54, 1.807) is 12.1 Å². The quantitative estimate of drug-likeness (QED) is 0.756. The molecule has 0 saturated heterocycles. The molecule has 2 aromatic carbocycles. The predicted molar refractivity (Wildman–Crippen MR) is 93.5 cm³/mol. The molecule has 0 fully saturated rings. The average molecular weight is 349 g/mol. The molecule has 0 spiro atoms. The van der Waals surface area contributed by atoms with Crippen molar-refractivity contribution < 1.29 is 24.1 Å². The van der Waals surface area contributed by atoms with Gasteiger partial charge in [-0.15, -0.1) is 0 Å². The minimum Gasteiger partial charge on any atom is -0.487 e. The number of benzene rings is 2. The van der Waals surface area contributed by atoms with Crippen molar-refractivity contribution in [3.05, 3.63) is 72.1 Å². The second-order valence-electron chi connectivity index (χ2n) is 5.70. The molecule has 1 aliphatic rings. The van der Waals surface area contributed by atoms with Gasteiger partial charge in [0.15, 0.2) is 11.5 Å². The molecule has 0 atom stereocenters. The van der Waals surface area contributed by atoms with Crippen molar-refractivity contribution in [1.82, 2.24) is 4.98 Å². The fourth-order valence-corrected chi connectivity index (χ4v) is 2.66. The molecular weight excluding hydrogens is 334 g/mol. The number of carboxylic acids is 1. The molecule has 0 aliphatic carbocycles. The molecule has 0 amide bonds. The van der Waals surface area contributed by atoms with Gasteiger partial charge in [0.05, 0.1) is 5.69 Å². The van der Waals surface area contributed by atoms with Crippen LogP contribution in [0.1, 0.15) is 16.2 Å². The first-order valence-electron chi connectivity index (χ1n) is 8.01. The van der Waals surface area contributed by atoms with Gasteiger partial charge in [-0.1, -0.05) is 24.3 Å². The lowest BCUT2D eigenvalue weighted by molar-refractivity contribution is 0.0690. The summed E-state index contributed by atoms with van der Waals surface area (Å²) in [4.78, 5) is 15.0. The highest BCUT2D eigenvalue weighted by Crippen LogP contribution is 2.36. The molecule has 1 aromatic heterocycles. The van der Waals surface area contributed by atoms with Crippen LogP contribution in [0.25, 0.3) is 11.1 Å². The molecule has 130 valence electrons. The van der Waals surface area contributed by atoms with E-state index in [0.29, 0.717) is 11.4 Å². The molecule has 0 unspecified atom stereocenters. The fourth-order valence-electron chi connectivity index (χ4n) is 2.66. The van der Waals surface area contributed by atoms with Crippen LogP contribution >= 0.6 is 0 Å². The maximum atomic E-state index is 11.0. The number of hydrogen-bond acceptors (Lipinski definition) is 5. The average Bonchev–Trinajstić information content (AvgIpc) is 3.15. The van der Waals surface area contributed by atoms with E-state index in [4.69, 9.17) is 19.3 Å². The first-order chi connectivity index (χ1) is 12.7. The van der Waals surface area contributed by atoms with Crippen molar-refractivity contribution >= 4 is 5.97 Å². The van der Waals surface area contributed by atoms with Gasteiger partial charge in [-0.3, -0.25) is 0 Å². The lowest BCUT2D eigenvalue weighted by atomic mass is 10.1. The summed E-state index contributed by atoms with van der Waals surface area (Å²) in [5, 5.41) is 8.97. The van der Waals surface area contributed by atoms with Crippen molar-refractivity contribution in [2.24, 2.45) is 0 Å². The number of carboxylic acid groups (broad SMARTS) is 1. The Morgan fingerprint density at radius 2 is 1.77 bits per heavy atom. The van der Waals surface area contributed by atoms with E-state index in [9.17, 15) is 4.79 Å². The predicted octanol–water partition coefficient (Wildman–Crippen LogP) is 3.75. The maximum Gasteiger partial charge on any atom is 0.354 e. The van der Waals surface area contributed by atoms with Gasteiger partial charge in [0.25, 0.3) is 0 Å². The Labute approximate surface area is 149 Å². The molecule has 1 N–H and O–H groups in total. The Morgan fingerprint density at radius 1 is 1.00 bits per heavy atom. The van der Waals surface area contributed by atoms with Crippen LogP contribution in [0.3, 0.4) is 0 Å². The topological polar surface area (TPSA) is 77.9 Å². The highest BCUT2D eigenvalue weighted by molar-refractivity contribution is 5.85. The lowest BCUT2D eigenvalue weighted by Gasteiger charge is -2.08. The Morgan fingerprint density at radius 3 is 2.58 bits per heavy atom. The first-order valence-corrected chi connectivity index (χ1v) is 8.01. The third-order valence-corrected chi connectivity index (χ3v) is 3.97. The largest absolute Gasteiger partial charge is 0.487 e. The molecule has 1 aliphatic heterocycles. The van der Waals surface area contributed by atoms with Crippen LogP contribution in [0.5, 0.6) is 17.2 Å². The zero-order chi connectivity index (χ0) is 17.9. The molecule has 0 radical (unpaired) electrons. The number of rotatable bonds is 5. The number of ether oxygens (including phenoxy) is 3. The normalized spacial score (nSPS) is 12.0. The number of fused-ring (bicyclic) bond motifs is 1. The van der Waals surface area contributed by atoms with Gasteiger partial charge >= 0.3 is 5.97 Å². The Balaban J connectivity index is 1.45. The molecule has 3 aromatic rings. The summed E-state index contributed by atoms with van der Waals surface area (Å²) in [6.07, 6.45) is 0. The van der Waals surface area contributed by atoms with Gasteiger partial charge in [0.2, 0.25) is 6.79 Å². The summed E-state index contributed by atoms with van der Waals surface area (Å²) in [5.41, 5.74) is 2.62. The van der Waals surface area contributed by atoms with Crippen LogP contribution in [-0.2, 0) is 6.61 Å². The van der Waals surface area contributed by atoms with Gasteiger partial charge in [-0.25, -0.2) is 9.78 Å². The van der Waals surface area contributed by atoms with Crippen LogP contribution in [0, 0.1) is 0 Å². The SMILES string of the molecule is O=C(O)c1cccc(COc2ccc(-c3ccc4c(c3)OCO4)cc2)n1. The summed E-state index contributed by atoms with van der Waals surface area (Å²) < 4.78 is 16.4. The number of pyridine rings is 1. The van der Waals surface area contributed by atoms with Crippen molar-refractivity contribution in [2.45, 2.75) is 6.61 Å². The van der Waals surface area contributed by atoms with Crippen LogP contribution in [-0.4, -0.2) is 22.9 Å². The monoisotopic (exact) mass is 349 g/mol. The van der Waals surface area contributed by atoms with Crippen molar-refractivity contribution in [1.29, 1.82) is 0 Å². The molecule has 0 bridgehead atoms. The lowest BCUT2D eigenvalue weighted by Crippen LogP contribution is -2.04. The van der Waals surface area contributed by atoms with Gasteiger partial charge in [-0.2, -0.15) is 0 Å². The van der Waals surface area contributed by atoms with Gasteiger partial charge in [-0.05, 0) is 47.5 Å². The first kappa shape index (κ1) is 16.0. The number of hydrogen-bond donors (Lipinski definition) is 1. The zero-order valence-electron chi connectivity index (χ0n) is 13.7. The van der Waals surface area contributed by atoms with E-state index in [1.807, 2.05) is 42.5 Å². The number of carbonyl (C=O) groups is 1. The Kier molecular flexibility index (Phi) is 4.15. The van der Waals surface area contributed by atoms with Gasteiger partial charge < -0.3 is 19.3 Å². The highest BCUT2D eigenvalue weighted by Gasteiger charge is 2.13. The minimum atomic E-state index is -1.06. The molecular formula is C20H15NO5. The van der Waals surface area contributed by atoms with Crippen molar-refractivity contribution in [3.63, 3.8) is 0 Å². The molecule has 2 heterocycles. The van der Waals surface area contributed by atoms with E-state index in [0.717, 1.165) is 22.6 Å². The third kappa shape index (κ3) is 3.30. The summed E-state index contributed by atoms with van der Waals surface area (Å²) in [5.74, 6) is 1.12. The van der Waals surface area contributed by atoms with Gasteiger partial charge in [0, 0.05) is 0 Å². The number of aromatic carboxylic acids is 1. The third-order valence-electron chi connectivity index (χ3n) is 3.97. The summed E-state index contributed by atoms with van der Waals surface area (Å²) >= 11 is 0. The Bertz CT molecular complexity index is 953. The fraction of sp³-hybridized carbons (Fsp3) is 0.100. The smallest absolute Gasteiger partial charge is 0.354 e. The molecule has 0 saturated carbocycles. The Hall–Kier alpha value is -3.54. The van der Waals surface area contributed by atoms with Crippen LogP contribution in [0.2, 0.25) is 0 Å². The summed E-state index contributed by atoms with van der Waals surface area (Å²) in [7, 11) is 0. The highest BCUT2D eigenvalue weighted by atomic mass is 16.7.